The summed E-state index contributed by atoms with van der Waals surface area (Å²) in [5.41, 5.74) is 0.868. The number of hydrogen-bond donors (Lipinski definition) is 1. The maximum Gasteiger partial charge on any atom is 0.327 e. The van der Waals surface area contributed by atoms with Crippen molar-refractivity contribution >= 4 is 5.97 Å². The molecule has 1 aliphatic carbocycles. The van der Waals surface area contributed by atoms with Crippen LogP contribution >= 0.6 is 0 Å². The van der Waals surface area contributed by atoms with Gasteiger partial charge >= 0.3 is 5.97 Å². The second-order valence-corrected chi connectivity index (χ2v) is 5.71. The summed E-state index contributed by atoms with van der Waals surface area (Å²) in [7, 11) is 0. The lowest BCUT2D eigenvalue weighted by Gasteiger charge is -2.24. The van der Waals surface area contributed by atoms with Crippen molar-refractivity contribution in [1.82, 2.24) is 5.32 Å². The van der Waals surface area contributed by atoms with Crippen LogP contribution < -0.4 is 5.32 Å². The van der Waals surface area contributed by atoms with Gasteiger partial charge in [-0.2, -0.15) is 0 Å². The van der Waals surface area contributed by atoms with Crippen molar-refractivity contribution in [3.05, 3.63) is 11.6 Å². The van der Waals surface area contributed by atoms with Crippen LogP contribution in [0.5, 0.6) is 0 Å². The third-order valence-corrected chi connectivity index (χ3v) is 3.15. The molecule has 3 heteroatoms. The first-order valence-electron chi connectivity index (χ1n) is 6.13. The number of fused-ring (bicyclic) bond motifs is 1. The molecular weight excluding hydrogens is 202 g/mol. The number of carbonyl (C=O) groups is 1. The molecule has 0 aromatic heterocycles. The molecule has 3 nitrogen and oxygen atoms in total. The Morgan fingerprint density at radius 3 is 2.94 bits per heavy atom. The zero-order valence-electron chi connectivity index (χ0n) is 10.4. The highest BCUT2D eigenvalue weighted by atomic mass is 16.6. The normalized spacial score (nSPS) is 29.6. The summed E-state index contributed by atoms with van der Waals surface area (Å²) < 4.78 is 5.43. The molecule has 1 fully saturated rings. The molecule has 2 unspecified atom stereocenters. The van der Waals surface area contributed by atoms with E-state index in [0.717, 1.165) is 13.0 Å². The molecule has 1 N–H and O–H groups in total. The Morgan fingerprint density at radius 1 is 1.50 bits per heavy atom. The molecule has 90 valence electrons. The van der Waals surface area contributed by atoms with Gasteiger partial charge in [0.05, 0.1) is 0 Å². The molecule has 0 aromatic rings. The van der Waals surface area contributed by atoms with E-state index in [1.165, 1.54) is 18.4 Å². The van der Waals surface area contributed by atoms with Crippen LogP contribution in [0.25, 0.3) is 0 Å². The Hall–Kier alpha value is -0.830. The van der Waals surface area contributed by atoms with Gasteiger partial charge in [-0.05, 0) is 51.5 Å². The van der Waals surface area contributed by atoms with Gasteiger partial charge in [0.25, 0.3) is 0 Å². The van der Waals surface area contributed by atoms with Gasteiger partial charge in [-0.3, -0.25) is 0 Å². The molecule has 2 aliphatic rings. The number of carbonyl (C=O) groups excluding carboxylic acids is 1. The Balaban J connectivity index is 2.05. The number of ether oxygens (including phenoxy) is 1. The number of rotatable bonds is 1. The molecule has 0 spiro atoms. The molecule has 1 heterocycles. The minimum atomic E-state index is -0.397. The van der Waals surface area contributed by atoms with Crippen molar-refractivity contribution in [3.8, 4) is 0 Å². The van der Waals surface area contributed by atoms with Crippen LogP contribution in [0, 0.1) is 5.92 Å². The van der Waals surface area contributed by atoms with E-state index >= 15 is 0 Å². The summed E-state index contributed by atoms with van der Waals surface area (Å²) in [5.74, 6) is 0.439. The van der Waals surface area contributed by atoms with Crippen molar-refractivity contribution in [2.24, 2.45) is 5.92 Å². The average molecular weight is 223 g/mol. The van der Waals surface area contributed by atoms with Crippen molar-refractivity contribution in [2.75, 3.05) is 6.54 Å². The van der Waals surface area contributed by atoms with E-state index in [0.29, 0.717) is 5.92 Å². The molecule has 0 radical (unpaired) electrons. The van der Waals surface area contributed by atoms with Gasteiger partial charge in [0.1, 0.15) is 11.6 Å². The first-order valence-corrected chi connectivity index (χ1v) is 6.13. The van der Waals surface area contributed by atoms with Gasteiger partial charge in [0.15, 0.2) is 0 Å². The Labute approximate surface area is 97.2 Å². The predicted molar refractivity (Wildman–Crippen MR) is 63.1 cm³/mol. The summed E-state index contributed by atoms with van der Waals surface area (Å²) in [6, 6.07) is -0.190. The van der Waals surface area contributed by atoms with E-state index in [9.17, 15) is 4.79 Å². The highest BCUT2D eigenvalue weighted by Gasteiger charge is 2.37. The van der Waals surface area contributed by atoms with E-state index < -0.39 is 5.60 Å². The average Bonchev–Trinajstić information content (AvgIpc) is 2.58. The molecule has 2 rings (SSSR count). The van der Waals surface area contributed by atoms with Crippen LogP contribution in [0.3, 0.4) is 0 Å². The predicted octanol–water partition coefficient (Wildman–Crippen LogP) is 2.03. The second-order valence-electron chi connectivity index (χ2n) is 5.71. The first-order chi connectivity index (χ1) is 7.47. The topological polar surface area (TPSA) is 38.3 Å². The zero-order valence-corrected chi connectivity index (χ0v) is 10.4. The van der Waals surface area contributed by atoms with Crippen LogP contribution in [-0.4, -0.2) is 24.2 Å². The molecule has 1 saturated heterocycles. The number of hydrogen-bond acceptors (Lipinski definition) is 3. The van der Waals surface area contributed by atoms with Crippen molar-refractivity contribution in [2.45, 2.75) is 51.7 Å². The lowest BCUT2D eigenvalue weighted by Crippen LogP contribution is -2.38. The van der Waals surface area contributed by atoms with Crippen LogP contribution in [0.1, 0.15) is 40.0 Å². The largest absolute Gasteiger partial charge is 0.459 e. The van der Waals surface area contributed by atoms with E-state index in [1.54, 1.807) is 0 Å². The lowest BCUT2D eigenvalue weighted by atomic mass is 9.87. The van der Waals surface area contributed by atoms with Crippen LogP contribution in [0.2, 0.25) is 0 Å². The monoisotopic (exact) mass is 223 g/mol. The zero-order chi connectivity index (χ0) is 11.8. The van der Waals surface area contributed by atoms with Crippen molar-refractivity contribution < 1.29 is 9.53 Å². The number of esters is 1. The van der Waals surface area contributed by atoms with Gasteiger partial charge in [-0.25, -0.2) is 4.79 Å². The Kier molecular flexibility index (Phi) is 3.06. The molecule has 0 saturated carbocycles. The smallest absolute Gasteiger partial charge is 0.327 e. The summed E-state index contributed by atoms with van der Waals surface area (Å²) >= 11 is 0. The number of nitrogens with one attached hydrogen (secondary N) is 1. The fraction of sp³-hybridized carbons (Fsp3) is 0.769. The fourth-order valence-electron chi connectivity index (χ4n) is 2.50. The third-order valence-electron chi connectivity index (χ3n) is 3.15. The highest BCUT2D eigenvalue weighted by molar-refractivity contribution is 5.81. The molecular formula is C13H21NO2. The fourth-order valence-corrected chi connectivity index (χ4v) is 2.50. The Morgan fingerprint density at radius 2 is 2.25 bits per heavy atom. The molecule has 0 amide bonds. The van der Waals surface area contributed by atoms with Crippen molar-refractivity contribution in [3.63, 3.8) is 0 Å². The second kappa shape index (κ2) is 4.21. The maximum absolute atomic E-state index is 12.0. The van der Waals surface area contributed by atoms with Crippen molar-refractivity contribution in [1.29, 1.82) is 0 Å². The molecule has 16 heavy (non-hydrogen) atoms. The highest BCUT2D eigenvalue weighted by Crippen LogP contribution is 2.32. The van der Waals surface area contributed by atoms with E-state index in [1.807, 2.05) is 20.8 Å². The standard InChI is InChI=1S/C13H21NO2/c1-13(2,3)16-12(15)11-10-7-5-4-6-9(10)8-14-11/h7,9,11,14H,4-6,8H2,1-3H3. The molecule has 1 aliphatic heterocycles. The minimum Gasteiger partial charge on any atom is -0.459 e. The van der Waals surface area contributed by atoms with Crippen LogP contribution in [-0.2, 0) is 9.53 Å². The lowest BCUT2D eigenvalue weighted by molar-refractivity contribution is -0.155. The quantitative estimate of drug-likeness (QED) is 0.546. The van der Waals surface area contributed by atoms with Gasteiger partial charge in [-0.15, -0.1) is 0 Å². The van der Waals surface area contributed by atoms with E-state index in [2.05, 4.69) is 11.4 Å². The summed E-state index contributed by atoms with van der Waals surface area (Å²) in [6.07, 6.45) is 5.78. The van der Waals surface area contributed by atoms with Crippen LogP contribution in [0.4, 0.5) is 0 Å². The summed E-state index contributed by atoms with van der Waals surface area (Å²) in [4.78, 5) is 12.0. The van der Waals surface area contributed by atoms with E-state index in [-0.39, 0.29) is 12.0 Å². The molecule has 0 aromatic carbocycles. The Bertz CT molecular complexity index is 314. The van der Waals surface area contributed by atoms with Gasteiger partial charge in [-0.1, -0.05) is 6.08 Å². The van der Waals surface area contributed by atoms with Gasteiger partial charge in [0.2, 0.25) is 0 Å². The first kappa shape index (κ1) is 11.6. The van der Waals surface area contributed by atoms with Gasteiger partial charge < -0.3 is 10.1 Å². The summed E-state index contributed by atoms with van der Waals surface area (Å²) in [6.45, 7) is 6.65. The number of allylic oxidation sites excluding steroid dienone is 1. The maximum atomic E-state index is 12.0. The third kappa shape index (κ3) is 2.46. The van der Waals surface area contributed by atoms with E-state index in [4.69, 9.17) is 4.74 Å². The van der Waals surface area contributed by atoms with Crippen LogP contribution in [0.15, 0.2) is 11.6 Å². The SMILES string of the molecule is CC(C)(C)OC(=O)C1NCC2CCCC=C21. The molecule has 2 atom stereocenters. The minimum absolute atomic E-state index is 0.122. The summed E-state index contributed by atoms with van der Waals surface area (Å²) in [5, 5.41) is 3.28. The molecule has 0 bridgehead atoms. The van der Waals surface area contributed by atoms with Gasteiger partial charge in [0, 0.05) is 6.54 Å².